The second-order valence-electron chi connectivity index (χ2n) is 6.63. The van der Waals surface area contributed by atoms with Crippen LogP contribution in [0.5, 0.6) is 0 Å². The molecule has 0 unspecified atom stereocenters. The lowest BCUT2D eigenvalue weighted by molar-refractivity contribution is 0.0545. The Morgan fingerprint density at radius 2 is 2.00 bits per heavy atom. The van der Waals surface area contributed by atoms with Crippen LogP contribution in [0, 0.1) is 5.92 Å². The molecule has 0 atom stereocenters. The average Bonchev–Trinajstić information content (AvgIpc) is 3.39. The normalized spacial score (nSPS) is 23.3. The van der Waals surface area contributed by atoms with E-state index < -0.39 is 0 Å². The van der Waals surface area contributed by atoms with Crippen molar-refractivity contribution in [3.05, 3.63) is 65.7 Å². The van der Waals surface area contributed by atoms with Gasteiger partial charge < -0.3 is 9.64 Å². The first-order valence-electron chi connectivity index (χ1n) is 8.82. The Morgan fingerprint density at radius 3 is 2.65 bits per heavy atom. The summed E-state index contributed by atoms with van der Waals surface area (Å²) in [4.78, 5) is 2.60. The van der Waals surface area contributed by atoms with Crippen LogP contribution < -0.4 is 0 Å². The third-order valence-electron chi connectivity index (χ3n) is 4.76. The smallest absolute Gasteiger partial charge is 0.163 e. The third-order valence-corrected chi connectivity index (χ3v) is 4.76. The lowest BCUT2D eigenvalue weighted by atomic mass is 10.1. The van der Waals surface area contributed by atoms with Crippen molar-refractivity contribution in [1.82, 2.24) is 4.90 Å². The zero-order valence-corrected chi connectivity index (χ0v) is 14.1. The lowest BCUT2D eigenvalue weighted by Crippen LogP contribution is -2.37. The fourth-order valence-electron chi connectivity index (χ4n) is 3.19. The molecule has 2 heteroatoms. The Hall–Kier alpha value is -1.76. The Balaban J connectivity index is 1.62. The van der Waals surface area contributed by atoms with Crippen molar-refractivity contribution in [2.45, 2.75) is 38.7 Å². The molecule has 0 amide bonds. The summed E-state index contributed by atoms with van der Waals surface area (Å²) < 4.78 is 6.22. The SMILES string of the molecule is C=C/C(=C\C)C1=C=C(OC2CCN(CC3CC3)CC2)C=CC=C1. The predicted molar refractivity (Wildman–Crippen MR) is 96.0 cm³/mol. The fraction of sp³-hybridized carbons (Fsp3) is 0.476. The first-order valence-corrected chi connectivity index (χ1v) is 8.82. The zero-order valence-electron chi connectivity index (χ0n) is 14.1. The van der Waals surface area contributed by atoms with Crippen molar-refractivity contribution >= 4 is 0 Å². The van der Waals surface area contributed by atoms with Gasteiger partial charge in [0.05, 0.1) is 0 Å². The molecule has 2 nitrogen and oxygen atoms in total. The Bertz CT molecular complexity index is 589. The molecule has 1 aliphatic heterocycles. The first-order chi connectivity index (χ1) is 11.3. The van der Waals surface area contributed by atoms with E-state index in [0.29, 0.717) is 6.10 Å². The maximum absolute atomic E-state index is 6.22. The Kier molecular flexibility index (Phi) is 5.38. The molecule has 122 valence electrons. The molecule has 0 aromatic rings. The molecule has 2 fully saturated rings. The van der Waals surface area contributed by atoms with E-state index in [2.05, 4.69) is 29.4 Å². The number of nitrogens with zero attached hydrogens (tertiary/aromatic N) is 1. The topological polar surface area (TPSA) is 12.5 Å². The van der Waals surface area contributed by atoms with E-state index in [4.69, 9.17) is 4.74 Å². The van der Waals surface area contributed by atoms with E-state index in [1.54, 1.807) is 0 Å². The van der Waals surface area contributed by atoms with E-state index in [-0.39, 0.29) is 0 Å². The molecular formula is C21H27NO. The van der Waals surface area contributed by atoms with Gasteiger partial charge in [0.25, 0.3) is 0 Å². The maximum Gasteiger partial charge on any atom is 0.163 e. The Morgan fingerprint density at radius 1 is 1.26 bits per heavy atom. The summed E-state index contributed by atoms with van der Waals surface area (Å²) in [6.07, 6.45) is 17.5. The summed E-state index contributed by atoms with van der Waals surface area (Å²) in [6.45, 7) is 9.53. The van der Waals surface area contributed by atoms with Gasteiger partial charge in [-0.25, -0.2) is 0 Å². The largest absolute Gasteiger partial charge is 0.483 e. The van der Waals surface area contributed by atoms with Crippen LogP contribution in [0.25, 0.3) is 0 Å². The van der Waals surface area contributed by atoms with Gasteiger partial charge in [0, 0.05) is 25.2 Å². The highest BCUT2D eigenvalue weighted by Crippen LogP contribution is 2.31. The van der Waals surface area contributed by atoms with Crippen LogP contribution in [-0.4, -0.2) is 30.6 Å². The molecule has 3 aliphatic rings. The van der Waals surface area contributed by atoms with Crippen LogP contribution >= 0.6 is 0 Å². The van der Waals surface area contributed by atoms with Gasteiger partial charge >= 0.3 is 0 Å². The number of rotatable bonds is 6. The standard InChI is InChI=1S/C21H27NO/c1-3-18(4-2)19-7-5-6-8-21(15-19)23-20-11-13-22(14-12-20)16-17-9-10-17/h3-8,17,20H,1,9-14,16H2,2H3/b18-4+. The van der Waals surface area contributed by atoms with Gasteiger partial charge in [-0.3, -0.25) is 0 Å². The molecule has 0 radical (unpaired) electrons. The monoisotopic (exact) mass is 309 g/mol. The number of likely N-dealkylation sites (tertiary alicyclic amines) is 1. The summed E-state index contributed by atoms with van der Waals surface area (Å²) in [5, 5.41) is 0. The van der Waals surface area contributed by atoms with Gasteiger partial charge in [0.1, 0.15) is 6.10 Å². The molecular weight excluding hydrogens is 282 g/mol. The van der Waals surface area contributed by atoms with Gasteiger partial charge in [-0.05, 0) is 56.3 Å². The van der Waals surface area contributed by atoms with E-state index in [9.17, 15) is 0 Å². The average molecular weight is 309 g/mol. The van der Waals surface area contributed by atoms with Gasteiger partial charge in [0.15, 0.2) is 5.76 Å². The van der Waals surface area contributed by atoms with Crippen molar-refractivity contribution in [1.29, 1.82) is 0 Å². The van der Waals surface area contributed by atoms with E-state index >= 15 is 0 Å². The number of allylic oxidation sites excluding steroid dienone is 7. The molecule has 0 bridgehead atoms. The number of piperidine rings is 1. The van der Waals surface area contributed by atoms with Crippen LogP contribution in [0.15, 0.2) is 65.7 Å². The molecule has 1 saturated carbocycles. The first kappa shape index (κ1) is 16.1. The highest BCUT2D eigenvalue weighted by Gasteiger charge is 2.27. The van der Waals surface area contributed by atoms with Gasteiger partial charge in [-0.1, -0.05) is 36.6 Å². The van der Waals surface area contributed by atoms with Gasteiger partial charge in [-0.2, -0.15) is 0 Å². The lowest BCUT2D eigenvalue weighted by Gasteiger charge is -2.32. The van der Waals surface area contributed by atoms with E-state index in [1.165, 1.54) is 32.5 Å². The minimum Gasteiger partial charge on any atom is -0.483 e. The van der Waals surface area contributed by atoms with Crippen LogP contribution in [-0.2, 0) is 4.74 Å². The minimum absolute atomic E-state index is 0.315. The molecule has 0 aromatic heterocycles. The summed E-state index contributed by atoms with van der Waals surface area (Å²) in [5.74, 6) is 1.82. The fourth-order valence-corrected chi connectivity index (χ4v) is 3.19. The molecule has 1 heterocycles. The van der Waals surface area contributed by atoms with Crippen molar-refractivity contribution in [2.24, 2.45) is 5.92 Å². The molecule has 2 aliphatic carbocycles. The highest BCUT2D eigenvalue weighted by molar-refractivity contribution is 5.48. The van der Waals surface area contributed by atoms with Gasteiger partial charge in [-0.15, -0.1) is 0 Å². The van der Waals surface area contributed by atoms with Crippen LogP contribution in [0.3, 0.4) is 0 Å². The molecule has 0 aromatic carbocycles. The minimum atomic E-state index is 0.315. The van der Waals surface area contributed by atoms with E-state index in [1.807, 2.05) is 31.2 Å². The maximum atomic E-state index is 6.22. The number of hydrogen-bond donors (Lipinski definition) is 0. The molecule has 1 saturated heterocycles. The third kappa shape index (κ3) is 4.60. The molecule has 3 rings (SSSR count). The van der Waals surface area contributed by atoms with Crippen molar-refractivity contribution in [3.63, 3.8) is 0 Å². The summed E-state index contributed by atoms with van der Waals surface area (Å²) in [5.41, 5.74) is 5.53. The number of ether oxygens (including phenoxy) is 1. The quantitative estimate of drug-likeness (QED) is 0.527. The summed E-state index contributed by atoms with van der Waals surface area (Å²) in [6, 6.07) is 0. The number of hydrogen-bond acceptors (Lipinski definition) is 2. The highest BCUT2D eigenvalue weighted by atomic mass is 16.5. The predicted octanol–water partition coefficient (Wildman–Crippen LogP) is 4.54. The van der Waals surface area contributed by atoms with Gasteiger partial charge in [0.2, 0.25) is 0 Å². The molecule has 23 heavy (non-hydrogen) atoms. The molecule has 0 spiro atoms. The zero-order chi connectivity index (χ0) is 16.1. The van der Waals surface area contributed by atoms with E-state index in [0.717, 1.165) is 35.7 Å². The van der Waals surface area contributed by atoms with Crippen molar-refractivity contribution in [2.75, 3.05) is 19.6 Å². The Labute approximate surface area is 140 Å². The van der Waals surface area contributed by atoms with Crippen molar-refractivity contribution in [3.8, 4) is 0 Å². The van der Waals surface area contributed by atoms with Crippen LogP contribution in [0.2, 0.25) is 0 Å². The van der Waals surface area contributed by atoms with Crippen LogP contribution in [0.4, 0.5) is 0 Å². The summed E-state index contributed by atoms with van der Waals surface area (Å²) >= 11 is 0. The van der Waals surface area contributed by atoms with Crippen molar-refractivity contribution < 1.29 is 4.74 Å². The second kappa shape index (κ2) is 7.68. The summed E-state index contributed by atoms with van der Waals surface area (Å²) in [7, 11) is 0. The second-order valence-corrected chi connectivity index (χ2v) is 6.63. The van der Waals surface area contributed by atoms with Crippen LogP contribution in [0.1, 0.15) is 32.6 Å². The molecule has 0 N–H and O–H groups in total.